The highest BCUT2D eigenvalue weighted by Gasteiger charge is 2.06. The summed E-state index contributed by atoms with van der Waals surface area (Å²) in [5.41, 5.74) is 1.21. The molecule has 0 aliphatic heterocycles. The van der Waals surface area contributed by atoms with Gasteiger partial charge in [-0.15, -0.1) is 11.3 Å². The number of nitrogens with one attached hydrogen (secondary N) is 1. The average molecular weight is 221 g/mol. The Balaban J connectivity index is 1.91. The number of imidazole rings is 1. The van der Waals surface area contributed by atoms with Crippen LogP contribution in [-0.4, -0.2) is 9.55 Å². The normalized spacial score (nSPS) is 12.9. The van der Waals surface area contributed by atoms with E-state index in [0.717, 1.165) is 6.54 Å². The van der Waals surface area contributed by atoms with Crippen LogP contribution in [0.25, 0.3) is 0 Å². The van der Waals surface area contributed by atoms with Gasteiger partial charge in [-0.05, 0) is 18.4 Å². The van der Waals surface area contributed by atoms with Crippen molar-refractivity contribution in [1.29, 1.82) is 0 Å². The Kier molecular flexibility index (Phi) is 3.18. The maximum Gasteiger partial charge on any atom is 0.0945 e. The van der Waals surface area contributed by atoms with Gasteiger partial charge in [0.05, 0.1) is 12.0 Å². The van der Waals surface area contributed by atoms with Crippen molar-refractivity contribution in [2.75, 3.05) is 0 Å². The van der Waals surface area contributed by atoms with Crippen LogP contribution >= 0.6 is 11.3 Å². The molecule has 0 aromatic carbocycles. The zero-order valence-electron chi connectivity index (χ0n) is 8.97. The Hall–Kier alpha value is -1.13. The van der Waals surface area contributed by atoms with Crippen molar-refractivity contribution >= 4 is 11.3 Å². The van der Waals surface area contributed by atoms with Gasteiger partial charge in [0.25, 0.3) is 0 Å². The van der Waals surface area contributed by atoms with Gasteiger partial charge in [-0.3, -0.25) is 0 Å². The number of hydrogen-bond donors (Lipinski definition) is 1. The molecule has 2 rings (SSSR count). The van der Waals surface area contributed by atoms with Crippen LogP contribution in [0, 0.1) is 0 Å². The summed E-state index contributed by atoms with van der Waals surface area (Å²) >= 11 is 1.79. The second kappa shape index (κ2) is 4.59. The van der Waals surface area contributed by atoms with Gasteiger partial charge in [-0.25, -0.2) is 4.98 Å². The first-order valence-electron chi connectivity index (χ1n) is 4.99. The van der Waals surface area contributed by atoms with E-state index in [-0.39, 0.29) is 0 Å². The quantitative estimate of drug-likeness (QED) is 0.858. The van der Waals surface area contributed by atoms with E-state index < -0.39 is 0 Å². The molecule has 0 radical (unpaired) electrons. The van der Waals surface area contributed by atoms with E-state index in [1.807, 2.05) is 24.1 Å². The van der Waals surface area contributed by atoms with Gasteiger partial charge in [0, 0.05) is 30.7 Å². The monoisotopic (exact) mass is 221 g/mol. The lowest BCUT2D eigenvalue weighted by Crippen LogP contribution is -2.18. The molecule has 2 aromatic rings. The maximum absolute atomic E-state index is 4.09. The maximum atomic E-state index is 4.09. The molecule has 0 saturated carbocycles. The highest BCUT2D eigenvalue weighted by Crippen LogP contribution is 2.18. The molecule has 0 unspecified atom stereocenters. The average Bonchev–Trinajstić information content (AvgIpc) is 2.85. The molecule has 0 saturated heterocycles. The second-order valence-corrected chi connectivity index (χ2v) is 4.59. The predicted octanol–water partition coefficient (Wildman–Crippen LogP) is 2.33. The minimum atomic E-state index is 0.403. The highest BCUT2D eigenvalue weighted by molar-refractivity contribution is 7.10. The molecule has 0 aliphatic carbocycles. The lowest BCUT2D eigenvalue weighted by atomic mass is 10.2. The van der Waals surface area contributed by atoms with Crippen molar-refractivity contribution in [2.24, 2.45) is 7.05 Å². The zero-order valence-corrected chi connectivity index (χ0v) is 9.79. The molecule has 1 N–H and O–H groups in total. The molecule has 15 heavy (non-hydrogen) atoms. The van der Waals surface area contributed by atoms with E-state index in [4.69, 9.17) is 0 Å². The Morgan fingerprint density at radius 1 is 1.60 bits per heavy atom. The molecule has 0 fully saturated rings. The molecule has 4 heteroatoms. The van der Waals surface area contributed by atoms with Gasteiger partial charge in [0.15, 0.2) is 0 Å². The van der Waals surface area contributed by atoms with E-state index in [1.165, 1.54) is 10.6 Å². The summed E-state index contributed by atoms with van der Waals surface area (Å²) in [5, 5.41) is 5.59. The summed E-state index contributed by atoms with van der Waals surface area (Å²) in [6.07, 6.45) is 3.72. The van der Waals surface area contributed by atoms with E-state index in [0.29, 0.717) is 6.04 Å². The number of aryl methyl sites for hydroxylation is 1. The Bertz CT molecular complexity index is 405. The first-order valence-corrected chi connectivity index (χ1v) is 5.87. The molecular formula is C11H15N3S. The predicted molar refractivity (Wildman–Crippen MR) is 62.8 cm³/mol. The van der Waals surface area contributed by atoms with Crippen molar-refractivity contribution in [3.05, 3.63) is 40.6 Å². The SMILES string of the molecule is C[C@@H](NCc1cncn1C)c1cccs1. The van der Waals surface area contributed by atoms with Gasteiger partial charge in [-0.1, -0.05) is 6.07 Å². The summed E-state index contributed by atoms with van der Waals surface area (Å²) in [6, 6.07) is 4.65. The summed E-state index contributed by atoms with van der Waals surface area (Å²) < 4.78 is 2.04. The molecule has 1 atom stereocenters. The van der Waals surface area contributed by atoms with Crippen LogP contribution in [-0.2, 0) is 13.6 Å². The van der Waals surface area contributed by atoms with Crippen LogP contribution < -0.4 is 5.32 Å². The van der Waals surface area contributed by atoms with Crippen LogP contribution in [0.3, 0.4) is 0 Å². The molecule has 2 aromatic heterocycles. The number of aromatic nitrogens is 2. The van der Waals surface area contributed by atoms with Gasteiger partial charge < -0.3 is 9.88 Å². The van der Waals surface area contributed by atoms with Crippen molar-refractivity contribution in [1.82, 2.24) is 14.9 Å². The van der Waals surface area contributed by atoms with E-state index in [9.17, 15) is 0 Å². The second-order valence-electron chi connectivity index (χ2n) is 3.61. The van der Waals surface area contributed by atoms with Gasteiger partial charge in [0.2, 0.25) is 0 Å². The molecule has 3 nitrogen and oxygen atoms in total. The Labute approximate surface area is 93.8 Å². The fraction of sp³-hybridized carbons (Fsp3) is 0.364. The zero-order chi connectivity index (χ0) is 10.7. The largest absolute Gasteiger partial charge is 0.337 e. The van der Waals surface area contributed by atoms with Crippen molar-refractivity contribution in [2.45, 2.75) is 19.5 Å². The van der Waals surface area contributed by atoms with Gasteiger partial charge in [0.1, 0.15) is 0 Å². The molecule has 0 aliphatic rings. The molecular weight excluding hydrogens is 206 g/mol. The van der Waals surface area contributed by atoms with Crippen molar-refractivity contribution in [3.8, 4) is 0 Å². The summed E-state index contributed by atoms with van der Waals surface area (Å²) in [5.74, 6) is 0. The smallest absolute Gasteiger partial charge is 0.0945 e. The fourth-order valence-corrected chi connectivity index (χ4v) is 2.21. The summed E-state index contributed by atoms with van der Waals surface area (Å²) in [4.78, 5) is 5.46. The number of hydrogen-bond acceptors (Lipinski definition) is 3. The van der Waals surface area contributed by atoms with Gasteiger partial charge in [-0.2, -0.15) is 0 Å². The number of thiophene rings is 1. The Morgan fingerprint density at radius 2 is 2.47 bits per heavy atom. The van der Waals surface area contributed by atoms with Crippen LogP contribution in [0.1, 0.15) is 23.5 Å². The van der Waals surface area contributed by atoms with Crippen LogP contribution in [0.2, 0.25) is 0 Å². The van der Waals surface area contributed by atoms with E-state index in [2.05, 4.69) is 34.7 Å². The first-order chi connectivity index (χ1) is 7.27. The molecule has 0 amide bonds. The van der Waals surface area contributed by atoms with E-state index >= 15 is 0 Å². The third-order valence-electron chi connectivity index (χ3n) is 2.48. The van der Waals surface area contributed by atoms with E-state index in [1.54, 1.807) is 11.3 Å². The third-order valence-corrected chi connectivity index (χ3v) is 3.53. The lowest BCUT2D eigenvalue weighted by Gasteiger charge is -2.11. The molecule has 2 heterocycles. The summed E-state index contributed by atoms with van der Waals surface area (Å²) in [7, 11) is 2.01. The van der Waals surface area contributed by atoms with Crippen molar-refractivity contribution < 1.29 is 0 Å². The van der Waals surface area contributed by atoms with Crippen LogP contribution in [0.4, 0.5) is 0 Å². The molecule has 0 spiro atoms. The number of rotatable bonds is 4. The first kappa shape index (κ1) is 10.4. The fourth-order valence-electron chi connectivity index (χ4n) is 1.45. The minimum absolute atomic E-state index is 0.403. The van der Waals surface area contributed by atoms with Crippen molar-refractivity contribution in [3.63, 3.8) is 0 Å². The van der Waals surface area contributed by atoms with Crippen LogP contribution in [0.5, 0.6) is 0 Å². The number of nitrogens with zero attached hydrogens (tertiary/aromatic N) is 2. The third kappa shape index (κ3) is 2.46. The Morgan fingerprint density at radius 3 is 3.07 bits per heavy atom. The standard InChI is InChI=1S/C11H15N3S/c1-9(11-4-3-5-15-11)13-7-10-6-12-8-14(10)2/h3-6,8-9,13H,7H2,1-2H3/t9-/m1/s1. The van der Waals surface area contributed by atoms with Gasteiger partial charge >= 0.3 is 0 Å². The topological polar surface area (TPSA) is 29.9 Å². The minimum Gasteiger partial charge on any atom is -0.337 e. The molecule has 0 bridgehead atoms. The lowest BCUT2D eigenvalue weighted by molar-refractivity contribution is 0.565. The molecule has 80 valence electrons. The van der Waals surface area contributed by atoms with Crippen LogP contribution in [0.15, 0.2) is 30.0 Å². The summed E-state index contributed by atoms with van der Waals surface area (Å²) in [6.45, 7) is 3.04. The highest BCUT2D eigenvalue weighted by atomic mass is 32.1.